The molecule has 0 aliphatic rings. The van der Waals surface area contributed by atoms with Gasteiger partial charge in [-0.25, -0.2) is 0 Å². The molecule has 6 heteroatoms. The summed E-state index contributed by atoms with van der Waals surface area (Å²) in [4.78, 5) is 26.2. The Morgan fingerprint density at radius 1 is 1.18 bits per heavy atom. The van der Waals surface area contributed by atoms with Gasteiger partial charge in [0.25, 0.3) is 0 Å². The van der Waals surface area contributed by atoms with Gasteiger partial charge in [0.15, 0.2) is 0 Å². The zero-order valence-corrected chi connectivity index (χ0v) is 11.1. The first-order valence-electron chi connectivity index (χ1n) is 5.57. The van der Waals surface area contributed by atoms with E-state index < -0.39 is 0 Å². The molecule has 6 nitrogen and oxygen atoms in total. The predicted molar refractivity (Wildman–Crippen MR) is 63.6 cm³/mol. The van der Waals surface area contributed by atoms with Gasteiger partial charge in [0, 0.05) is 34.4 Å². The van der Waals surface area contributed by atoms with Crippen LogP contribution in [0.5, 0.6) is 0 Å². The maximum Gasteiger partial charge on any atom is 0.249 e. The second-order valence-corrected chi connectivity index (χ2v) is 3.73. The van der Waals surface area contributed by atoms with Crippen LogP contribution in [0.1, 0.15) is 6.92 Å². The van der Waals surface area contributed by atoms with Gasteiger partial charge >= 0.3 is 0 Å². The van der Waals surface area contributed by atoms with E-state index in [0.717, 1.165) is 0 Å². The number of ether oxygens (including phenoxy) is 2. The van der Waals surface area contributed by atoms with Crippen molar-refractivity contribution in [1.82, 2.24) is 9.80 Å². The first-order chi connectivity index (χ1) is 8.02. The average Bonchev–Trinajstić information content (AvgIpc) is 2.30. The van der Waals surface area contributed by atoms with Gasteiger partial charge in [-0.1, -0.05) is 0 Å². The Balaban J connectivity index is 4.30. The molecule has 100 valence electrons. The highest BCUT2D eigenvalue weighted by molar-refractivity contribution is 5.85. The summed E-state index contributed by atoms with van der Waals surface area (Å²) in [6.07, 6.45) is 0. The molecule has 0 aromatic heterocycles. The summed E-state index contributed by atoms with van der Waals surface area (Å²) in [5, 5.41) is 0. The van der Waals surface area contributed by atoms with Crippen molar-refractivity contribution in [2.45, 2.75) is 6.92 Å². The second kappa shape index (κ2) is 8.95. The Kier molecular flexibility index (Phi) is 8.35. The Morgan fingerprint density at radius 3 is 2.29 bits per heavy atom. The molecule has 0 aliphatic carbocycles. The molecular weight excluding hydrogens is 224 g/mol. The van der Waals surface area contributed by atoms with Gasteiger partial charge in [-0.3, -0.25) is 9.59 Å². The minimum atomic E-state index is -0.195. The summed E-state index contributed by atoms with van der Waals surface area (Å²) >= 11 is 0. The fourth-order valence-corrected chi connectivity index (χ4v) is 1.08. The molecule has 0 N–H and O–H groups in total. The molecule has 0 fully saturated rings. The van der Waals surface area contributed by atoms with Crippen LogP contribution in [0.4, 0.5) is 0 Å². The van der Waals surface area contributed by atoms with E-state index >= 15 is 0 Å². The van der Waals surface area contributed by atoms with Crippen molar-refractivity contribution in [3.8, 4) is 0 Å². The maximum atomic E-state index is 11.7. The minimum absolute atomic E-state index is 0.000916. The Labute approximate surface area is 102 Å². The quantitative estimate of drug-likeness (QED) is 0.584. The molecule has 0 aromatic rings. The summed E-state index contributed by atoms with van der Waals surface area (Å²) in [5.74, 6) is -0.315. The van der Waals surface area contributed by atoms with Crippen molar-refractivity contribution in [2.24, 2.45) is 0 Å². The first kappa shape index (κ1) is 15.9. The normalized spacial score (nSPS) is 10.1. The third kappa shape index (κ3) is 6.91. The third-order valence-corrected chi connectivity index (χ3v) is 2.17. The zero-order valence-electron chi connectivity index (χ0n) is 11.1. The van der Waals surface area contributed by atoms with E-state index in [4.69, 9.17) is 9.47 Å². The molecule has 0 heterocycles. The number of hydrogen-bond donors (Lipinski definition) is 0. The van der Waals surface area contributed by atoms with Crippen molar-refractivity contribution >= 4 is 11.8 Å². The molecule has 0 saturated heterocycles. The highest BCUT2D eigenvalue weighted by atomic mass is 16.5. The fraction of sp³-hybridized carbons (Fsp3) is 0.818. The summed E-state index contributed by atoms with van der Waals surface area (Å²) in [6, 6.07) is 0. The van der Waals surface area contributed by atoms with Crippen molar-refractivity contribution in [1.29, 1.82) is 0 Å². The van der Waals surface area contributed by atoms with Gasteiger partial charge in [-0.2, -0.15) is 0 Å². The van der Waals surface area contributed by atoms with Gasteiger partial charge in [-0.05, 0) is 6.92 Å². The van der Waals surface area contributed by atoms with Crippen molar-refractivity contribution in [3.63, 3.8) is 0 Å². The van der Waals surface area contributed by atoms with E-state index in [0.29, 0.717) is 19.8 Å². The molecule has 0 radical (unpaired) electrons. The van der Waals surface area contributed by atoms with Crippen LogP contribution in [0.2, 0.25) is 0 Å². The van der Waals surface area contributed by atoms with E-state index in [1.807, 2.05) is 6.92 Å². The molecule has 0 spiro atoms. The van der Waals surface area contributed by atoms with Crippen LogP contribution in [0.15, 0.2) is 0 Å². The van der Waals surface area contributed by atoms with Gasteiger partial charge in [0.05, 0.1) is 13.2 Å². The summed E-state index contributed by atoms with van der Waals surface area (Å²) < 4.78 is 9.95. The topological polar surface area (TPSA) is 59.1 Å². The van der Waals surface area contributed by atoms with Crippen LogP contribution in [-0.2, 0) is 19.1 Å². The number of likely N-dealkylation sites (N-methyl/N-ethyl adjacent to an activating group) is 1. The molecule has 0 bridgehead atoms. The fourth-order valence-electron chi connectivity index (χ4n) is 1.08. The summed E-state index contributed by atoms with van der Waals surface area (Å²) in [6.45, 7) is 3.15. The molecule has 0 aromatic carbocycles. The molecule has 0 unspecified atom stereocenters. The lowest BCUT2D eigenvalue weighted by atomic mass is 10.4. The van der Waals surface area contributed by atoms with Gasteiger partial charge in [0.2, 0.25) is 11.8 Å². The number of carbonyl (C=O) groups excluding carboxylic acids is 2. The molecule has 0 rings (SSSR count). The number of carbonyl (C=O) groups is 2. The van der Waals surface area contributed by atoms with Crippen LogP contribution in [0, 0.1) is 0 Å². The zero-order chi connectivity index (χ0) is 13.3. The van der Waals surface area contributed by atoms with Crippen LogP contribution in [0.3, 0.4) is 0 Å². The van der Waals surface area contributed by atoms with Gasteiger partial charge in [-0.15, -0.1) is 0 Å². The van der Waals surface area contributed by atoms with E-state index in [2.05, 4.69) is 0 Å². The second-order valence-electron chi connectivity index (χ2n) is 3.73. The Bertz CT molecular complexity index is 244. The summed E-state index contributed by atoms with van der Waals surface area (Å²) in [7, 11) is 4.87. The molecular formula is C11H22N2O4. The Morgan fingerprint density at radius 2 is 1.82 bits per heavy atom. The highest BCUT2D eigenvalue weighted by Crippen LogP contribution is 1.94. The first-order valence-corrected chi connectivity index (χ1v) is 5.57. The van der Waals surface area contributed by atoms with Crippen LogP contribution in [-0.4, -0.2) is 75.7 Å². The molecule has 2 amide bonds. The SMILES string of the molecule is CCOCC(=O)N(CCOC)CC(=O)N(C)C. The largest absolute Gasteiger partial charge is 0.383 e. The minimum Gasteiger partial charge on any atom is -0.383 e. The lowest BCUT2D eigenvalue weighted by molar-refractivity contribution is -0.142. The van der Waals surface area contributed by atoms with Gasteiger partial charge < -0.3 is 19.3 Å². The maximum absolute atomic E-state index is 11.7. The summed E-state index contributed by atoms with van der Waals surface area (Å²) in [5.41, 5.74) is 0. The number of hydrogen-bond acceptors (Lipinski definition) is 4. The lowest BCUT2D eigenvalue weighted by Gasteiger charge is -2.23. The van der Waals surface area contributed by atoms with Crippen molar-refractivity contribution < 1.29 is 19.1 Å². The van der Waals surface area contributed by atoms with Crippen LogP contribution >= 0.6 is 0 Å². The van der Waals surface area contributed by atoms with E-state index in [9.17, 15) is 9.59 Å². The standard InChI is InChI=1S/C11H22N2O4/c1-5-17-9-11(15)13(6-7-16-4)8-10(14)12(2)3/h5-9H2,1-4H3. The van der Waals surface area contributed by atoms with Crippen LogP contribution < -0.4 is 0 Å². The lowest BCUT2D eigenvalue weighted by Crippen LogP contribution is -2.43. The van der Waals surface area contributed by atoms with Gasteiger partial charge in [0.1, 0.15) is 6.61 Å². The smallest absolute Gasteiger partial charge is 0.249 e. The molecule has 0 saturated carbocycles. The monoisotopic (exact) mass is 246 g/mol. The number of rotatable bonds is 8. The molecule has 0 aliphatic heterocycles. The van der Waals surface area contributed by atoms with Crippen LogP contribution in [0.25, 0.3) is 0 Å². The molecule has 17 heavy (non-hydrogen) atoms. The third-order valence-electron chi connectivity index (χ3n) is 2.17. The number of nitrogens with zero attached hydrogens (tertiary/aromatic N) is 2. The van der Waals surface area contributed by atoms with Crippen molar-refractivity contribution in [3.05, 3.63) is 0 Å². The number of methoxy groups -OCH3 is 1. The van der Waals surface area contributed by atoms with Crippen molar-refractivity contribution in [2.75, 3.05) is 54.1 Å². The average molecular weight is 246 g/mol. The Hall–Kier alpha value is -1.14. The number of amides is 2. The van der Waals surface area contributed by atoms with E-state index in [-0.39, 0.29) is 25.0 Å². The molecule has 0 atom stereocenters. The predicted octanol–water partition coefficient (Wildman–Crippen LogP) is -0.414. The van der Waals surface area contributed by atoms with E-state index in [1.165, 1.54) is 9.80 Å². The van der Waals surface area contributed by atoms with E-state index in [1.54, 1.807) is 21.2 Å². The highest BCUT2D eigenvalue weighted by Gasteiger charge is 2.17.